The summed E-state index contributed by atoms with van der Waals surface area (Å²) in [6.07, 6.45) is -2.91. The quantitative estimate of drug-likeness (QED) is 0.207. The van der Waals surface area contributed by atoms with Crippen LogP contribution in [0.5, 0.6) is 11.8 Å². The third-order valence-electron chi connectivity index (χ3n) is 7.69. The largest absolute Gasteiger partial charge is 0.494 e. The molecule has 0 saturated carbocycles. The number of hydrogen-bond acceptors (Lipinski definition) is 11. The summed E-state index contributed by atoms with van der Waals surface area (Å²) >= 11 is 0. The molecule has 8 rings (SSSR count). The first-order chi connectivity index (χ1) is 25.2. The number of rotatable bonds is 3. The Morgan fingerprint density at radius 2 is 1.75 bits per heavy atom. The third kappa shape index (κ3) is 11.5. The summed E-state index contributed by atoms with van der Waals surface area (Å²) in [5.74, 6) is -1.00. The lowest BCUT2D eigenvalue weighted by Gasteiger charge is -2.32. The number of anilines is 4. The first-order valence-corrected chi connectivity index (χ1v) is 16.4. The number of ether oxygens (including phenoxy) is 2. The van der Waals surface area contributed by atoms with Crippen molar-refractivity contribution in [2.75, 3.05) is 48.8 Å². The second kappa shape index (κ2) is 16.7. The van der Waals surface area contributed by atoms with Crippen LogP contribution in [0.15, 0.2) is 72.9 Å². The molecule has 4 aliphatic rings. The Labute approximate surface area is 302 Å². The summed E-state index contributed by atoms with van der Waals surface area (Å²) < 4.78 is 49.3. The van der Waals surface area contributed by atoms with Crippen molar-refractivity contribution < 1.29 is 37.0 Å². The molecule has 0 saturated heterocycles. The molecule has 0 unspecified atom stereocenters. The number of hydrogen-bond donors (Lipinski definition) is 4. The average Bonchev–Trinajstić information content (AvgIpc) is 3.13. The third-order valence-corrected chi connectivity index (χ3v) is 7.69. The van der Waals surface area contributed by atoms with Gasteiger partial charge in [0.25, 0.3) is 5.91 Å². The molecule has 14 nitrogen and oxygen atoms in total. The maximum atomic E-state index is 13.5. The average molecular weight is 732 g/mol. The number of nitrogens with zero attached hydrogens (tertiary/aromatic N) is 5. The summed E-state index contributed by atoms with van der Waals surface area (Å²) in [6, 6.07) is 19.2. The Hall–Kier alpha value is -6.44. The van der Waals surface area contributed by atoms with Gasteiger partial charge in [0, 0.05) is 44.1 Å². The zero-order chi connectivity index (χ0) is 38.0. The fourth-order valence-corrected chi connectivity index (χ4v) is 5.07. The maximum Gasteiger partial charge on any atom is 0.422 e. The number of amides is 3. The monoisotopic (exact) mass is 731 g/mol. The summed E-state index contributed by atoms with van der Waals surface area (Å²) in [6.45, 7) is 2.99. The van der Waals surface area contributed by atoms with E-state index in [4.69, 9.17) is 14.7 Å². The molecule has 4 aromatic rings. The van der Waals surface area contributed by atoms with Crippen molar-refractivity contribution >= 4 is 40.9 Å². The van der Waals surface area contributed by atoms with Gasteiger partial charge in [-0.05, 0) is 65.9 Å². The molecule has 0 radical (unpaired) electrons. The van der Waals surface area contributed by atoms with Gasteiger partial charge in [0.2, 0.25) is 0 Å². The highest BCUT2D eigenvalue weighted by Gasteiger charge is 2.30. The Morgan fingerprint density at radius 1 is 1.02 bits per heavy atom. The molecule has 4 aliphatic heterocycles. The van der Waals surface area contributed by atoms with Crippen molar-refractivity contribution in [1.82, 2.24) is 25.2 Å². The number of nitriles is 1. The highest BCUT2D eigenvalue weighted by atomic mass is 19.4. The molecular weight excluding hydrogens is 695 g/mol. The van der Waals surface area contributed by atoms with E-state index >= 15 is 0 Å². The molecule has 2 aromatic carbocycles. The van der Waals surface area contributed by atoms with E-state index in [1.807, 2.05) is 19.9 Å². The van der Waals surface area contributed by atoms with Crippen molar-refractivity contribution in [1.29, 1.82) is 5.26 Å². The SMILES string of the molecule is CC1(C)CNC(=O)c2ccc(nc2)Nc2cc(nc(OCC(F)(F)F)n2)NCc2ccc(cc2)OCCCN(C(=O)C(=O)Nc2ccc(C#N)cc2)C1. The molecule has 276 valence electrons. The first kappa shape index (κ1) is 37.8. The topological polar surface area (TPSA) is 183 Å². The minimum absolute atomic E-state index is 0.0917. The van der Waals surface area contributed by atoms with Crippen molar-refractivity contribution in [2.24, 2.45) is 5.41 Å². The van der Waals surface area contributed by atoms with E-state index in [9.17, 15) is 27.6 Å². The van der Waals surface area contributed by atoms with Crippen molar-refractivity contribution in [2.45, 2.75) is 33.0 Å². The Bertz CT molecular complexity index is 1950. The number of aromatic nitrogens is 3. The Morgan fingerprint density at radius 3 is 2.43 bits per heavy atom. The molecule has 0 spiro atoms. The zero-order valence-electron chi connectivity index (χ0n) is 28.8. The van der Waals surface area contributed by atoms with E-state index in [2.05, 4.69) is 36.2 Å². The van der Waals surface area contributed by atoms with Crippen LogP contribution in [0.25, 0.3) is 0 Å². The van der Waals surface area contributed by atoms with Crippen molar-refractivity contribution in [3.8, 4) is 17.8 Å². The maximum absolute atomic E-state index is 13.5. The minimum Gasteiger partial charge on any atom is -0.494 e. The molecule has 17 heteroatoms. The van der Waals surface area contributed by atoms with Crippen LogP contribution in [0.3, 0.4) is 0 Å². The fraction of sp³-hybridized carbons (Fsp3) is 0.306. The second-order valence-electron chi connectivity index (χ2n) is 12.8. The molecule has 6 heterocycles. The van der Waals surface area contributed by atoms with Crippen LogP contribution in [0, 0.1) is 16.7 Å². The molecule has 2 aromatic heterocycles. The summed E-state index contributed by atoms with van der Waals surface area (Å²) in [4.78, 5) is 53.4. The number of alkyl halides is 3. The number of nitrogens with one attached hydrogen (secondary N) is 4. The lowest BCUT2D eigenvalue weighted by atomic mass is 9.92. The standard InChI is InChI=1S/C36H36F3N9O5/c1-35(2)20-43-31(49)25-8-13-28(42-19-25)45-30-16-29(46-34(47-30)53-22-36(37,38)39)41-18-24-6-11-27(12-7-24)52-15-3-14-48(21-35)33(51)32(50)44-26-9-4-23(17-40)5-10-26/h4-13,16,19H,3,14-15,18,20-22H2,1-2H3,(H,43,49)(H,44,50)(H2,41,42,45,46,47). The van der Waals surface area contributed by atoms with Gasteiger partial charge < -0.3 is 35.6 Å². The van der Waals surface area contributed by atoms with E-state index < -0.39 is 41.9 Å². The van der Waals surface area contributed by atoms with Crippen LogP contribution in [0.2, 0.25) is 0 Å². The van der Waals surface area contributed by atoms with Crippen LogP contribution in [-0.2, 0) is 16.1 Å². The molecule has 3 amide bonds. The van der Waals surface area contributed by atoms with Crippen molar-refractivity contribution in [3.05, 3.63) is 89.6 Å². The molecular formula is C36H36F3N9O5. The van der Waals surface area contributed by atoms with Crippen LogP contribution in [0.4, 0.5) is 36.3 Å². The van der Waals surface area contributed by atoms with Gasteiger partial charge in [-0.3, -0.25) is 14.4 Å². The van der Waals surface area contributed by atoms with Gasteiger partial charge >= 0.3 is 24.0 Å². The molecule has 6 bridgehead atoms. The number of pyridine rings is 1. The molecule has 0 atom stereocenters. The van der Waals surface area contributed by atoms with Gasteiger partial charge in [-0.25, -0.2) is 4.98 Å². The van der Waals surface area contributed by atoms with Gasteiger partial charge in [-0.1, -0.05) is 26.0 Å². The van der Waals surface area contributed by atoms with E-state index in [0.717, 1.165) is 5.56 Å². The molecule has 0 aliphatic carbocycles. The van der Waals surface area contributed by atoms with Gasteiger partial charge in [0.05, 0.1) is 23.8 Å². The first-order valence-electron chi connectivity index (χ1n) is 16.4. The van der Waals surface area contributed by atoms with Gasteiger partial charge in [0.15, 0.2) is 6.61 Å². The number of carbonyl (C=O) groups excluding carboxylic acids is 3. The normalized spacial score (nSPS) is 15.0. The summed E-state index contributed by atoms with van der Waals surface area (Å²) in [5.41, 5.74) is 1.10. The lowest BCUT2D eigenvalue weighted by Crippen LogP contribution is -2.48. The van der Waals surface area contributed by atoms with Crippen molar-refractivity contribution in [3.63, 3.8) is 0 Å². The Balaban J connectivity index is 1.35. The number of carbonyl (C=O) groups is 3. The predicted molar refractivity (Wildman–Crippen MR) is 187 cm³/mol. The molecule has 53 heavy (non-hydrogen) atoms. The summed E-state index contributed by atoms with van der Waals surface area (Å²) in [7, 11) is 0. The number of halogens is 3. The summed E-state index contributed by atoms with van der Waals surface area (Å²) in [5, 5.41) is 20.4. The predicted octanol–water partition coefficient (Wildman–Crippen LogP) is 5.05. The van der Waals surface area contributed by atoms with Crippen LogP contribution < -0.4 is 30.7 Å². The van der Waals surface area contributed by atoms with Crippen LogP contribution >= 0.6 is 0 Å². The number of benzene rings is 2. The van der Waals surface area contributed by atoms with Gasteiger partial charge in [0.1, 0.15) is 23.2 Å². The highest BCUT2D eigenvalue weighted by molar-refractivity contribution is 6.39. The van der Waals surface area contributed by atoms with E-state index in [0.29, 0.717) is 23.4 Å². The smallest absolute Gasteiger partial charge is 0.422 e. The van der Waals surface area contributed by atoms with E-state index in [-0.39, 0.29) is 55.8 Å². The van der Waals surface area contributed by atoms with Gasteiger partial charge in [-0.2, -0.15) is 28.4 Å². The molecule has 0 fully saturated rings. The minimum atomic E-state index is -4.60. The lowest BCUT2D eigenvalue weighted by molar-refractivity contribution is -0.154. The second-order valence-corrected chi connectivity index (χ2v) is 12.8. The van der Waals surface area contributed by atoms with E-state index in [1.165, 1.54) is 53.6 Å². The fourth-order valence-electron chi connectivity index (χ4n) is 5.07. The zero-order valence-corrected chi connectivity index (χ0v) is 28.8. The van der Waals surface area contributed by atoms with Crippen LogP contribution in [-0.4, -0.2) is 76.6 Å². The van der Waals surface area contributed by atoms with E-state index in [1.54, 1.807) is 24.3 Å². The highest BCUT2D eigenvalue weighted by Crippen LogP contribution is 2.23. The van der Waals surface area contributed by atoms with Crippen LogP contribution in [0.1, 0.15) is 41.8 Å². The Kier molecular flexibility index (Phi) is 11.9. The molecule has 4 N–H and O–H groups in total. The van der Waals surface area contributed by atoms with Gasteiger partial charge in [-0.15, -0.1) is 0 Å².